The molecule has 0 bridgehead atoms. The molecule has 98 valence electrons. The number of hydrogen-bond donors (Lipinski definition) is 0. The Kier molecular flexibility index (Phi) is 8.76. The van der Waals surface area contributed by atoms with Crippen molar-refractivity contribution < 1.29 is 19.1 Å². The molecule has 0 heterocycles. The molecule has 0 aliphatic carbocycles. The Morgan fingerprint density at radius 2 is 1.76 bits per heavy atom. The Bertz CT molecular complexity index is 286. The summed E-state index contributed by atoms with van der Waals surface area (Å²) in [6.45, 7) is 6.01. The van der Waals surface area contributed by atoms with Crippen LogP contribution in [0.4, 0.5) is 0 Å². The van der Waals surface area contributed by atoms with E-state index >= 15 is 0 Å². The molecule has 0 fully saturated rings. The van der Waals surface area contributed by atoms with Gasteiger partial charge in [-0.25, -0.2) is 9.59 Å². The number of carbonyl (C=O) groups excluding carboxylic acids is 2. The second kappa shape index (κ2) is 9.22. The number of halogens is 1. The molecule has 5 heteroatoms. The minimum Gasteiger partial charge on any atom is -0.463 e. The van der Waals surface area contributed by atoms with Crippen LogP contribution in [0.3, 0.4) is 0 Å². The lowest BCUT2D eigenvalue weighted by Gasteiger charge is -2.12. The zero-order valence-electron chi connectivity index (χ0n) is 10.5. The molecule has 0 aromatic heterocycles. The molecule has 0 aliphatic heterocycles. The predicted molar refractivity (Wildman–Crippen MR) is 69.0 cm³/mol. The van der Waals surface area contributed by atoms with E-state index in [1.54, 1.807) is 13.8 Å². The van der Waals surface area contributed by atoms with Gasteiger partial charge in [-0.2, -0.15) is 0 Å². The Morgan fingerprint density at radius 1 is 1.18 bits per heavy atom. The van der Waals surface area contributed by atoms with Crippen LogP contribution in [0.15, 0.2) is 11.6 Å². The van der Waals surface area contributed by atoms with Gasteiger partial charge >= 0.3 is 11.9 Å². The number of carbonyl (C=O) groups is 2. The van der Waals surface area contributed by atoms with Crippen LogP contribution in [-0.2, 0) is 19.1 Å². The minimum atomic E-state index is -0.517. The van der Waals surface area contributed by atoms with E-state index in [0.717, 1.165) is 12.8 Å². The van der Waals surface area contributed by atoms with Gasteiger partial charge in [0.25, 0.3) is 0 Å². The summed E-state index contributed by atoms with van der Waals surface area (Å²) in [4.78, 5) is 22.8. The Hall–Kier alpha value is -0.840. The maximum Gasteiger partial charge on any atom is 0.335 e. The Balaban J connectivity index is 4.82. The number of esters is 2. The van der Waals surface area contributed by atoms with Gasteiger partial charge in [0.15, 0.2) is 0 Å². The highest BCUT2D eigenvalue weighted by Gasteiger charge is 2.20. The fourth-order valence-electron chi connectivity index (χ4n) is 1.21. The van der Waals surface area contributed by atoms with Crippen molar-refractivity contribution in [3.63, 3.8) is 0 Å². The molecule has 0 aromatic rings. The molecule has 0 amide bonds. The lowest BCUT2D eigenvalue weighted by molar-refractivity contribution is -0.141. The number of alkyl halides is 1. The van der Waals surface area contributed by atoms with Crippen molar-refractivity contribution in [1.82, 2.24) is 0 Å². The third-order valence-corrected chi connectivity index (χ3v) is 2.90. The van der Waals surface area contributed by atoms with Gasteiger partial charge in [-0.1, -0.05) is 29.3 Å². The van der Waals surface area contributed by atoms with E-state index in [-0.39, 0.29) is 18.0 Å². The summed E-state index contributed by atoms with van der Waals surface area (Å²) >= 11 is 3.38. The fourth-order valence-corrected chi connectivity index (χ4v) is 1.99. The third kappa shape index (κ3) is 6.46. The van der Waals surface area contributed by atoms with Crippen LogP contribution in [0.2, 0.25) is 0 Å². The topological polar surface area (TPSA) is 52.6 Å². The Morgan fingerprint density at radius 3 is 2.24 bits per heavy atom. The molecule has 0 spiro atoms. The van der Waals surface area contributed by atoms with Crippen molar-refractivity contribution in [1.29, 1.82) is 0 Å². The van der Waals surface area contributed by atoms with Crippen molar-refractivity contribution >= 4 is 27.9 Å². The summed E-state index contributed by atoms with van der Waals surface area (Å²) in [7, 11) is 0. The average Bonchev–Trinajstić information content (AvgIpc) is 2.26. The van der Waals surface area contributed by atoms with Crippen LogP contribution in [0.1, 0.15) is 33.6 Å². The molecule has 1 unspecified atom stereocenters. The highest BCUT2D eigenvalue weighted by Crippen LogP contribution is 2.19. The second-order valence-corrected chi connectivity index (χ2v) is 4.43. The number of ether oxygens (including phenoxy) is 2. The zero-order chi connectivity index (χ0) is 13.3. The standard InChI is InChI=1S/C12H19BrO4/c1-4-7-10(13)9(12(15)17-6-3)8-11(14)16-5-2/h8,10H,4-7H2,1-3H3/b9-8-. The summed E-state index contributed by atoms with van der Waals surface area (Å²) < 4.78 is 9.69. The number of hydrogen-bond acceptors (Lipinski definition) is 4. The maximum absolute atomic E-state index is 11.7. The van der Waals surface area contributed by atoms with Gasteiger partial charge in [0.2, 0.25) is 0 Å². The van der Waals surface area contributed by atoms with Gasteiger partial charge in [-0.3, -0.25) is 0 Å². The summed E-state index contributed by atoms with van der Waals surface area (Å²) in [5.74, 6) is -0.994. The van der Waals surface area contributed by atoms with E-state index in [9.17, 15) is 9.59 Å². The normalized spacial score (nSPS) is 13.1. The first-order chi connectivity index (χ1) is 8.06. The quantitative estimate of drug-likeness (QED) is 0.412. The van der Waals surface area contributed by atoms with Gasteiger partial charge in [0, 0.05) is 10.9 Å². The van der Waals surface area contributed by atoms with Gasteiger partial charge < -0.3 is 9.47 Å². The summed E-state index contributed by atoms with van der Waals surface area (Å²) in [6, 6.07) is 0. The molecule has 0 aliphatic rings. The van der Waals surface area contributed by atoms with E-state index in [1.807, 2.05) is 6.92 Å². The van der Waals surface area contributed by atoms with Crippen LogP contribution in [-0.4, -0.2) is 30.0 Å². The first-order valence-corrected chi connectivity index (χ1v) is 6.67. The number of rotatable bonds is 7. The van der Waals surface area contributed by atoms with E-state index in [2.05, 4.69) is 15.9 Å². The monoisotopic (exact) mass is 306 g/mol. The molecule has 1 atom stereocenters. The molecule has 0 saturated heterocycles. The van der Waals surface area contributed by atoms with Crippen molar-refractivity contribution in [3.8, 4) is 0 Å². The highest BCUT2D eigenvalue weighted by molar-refractivity contribution is 9.09. The first kappa shape index (κ1) is 16.2. The summed E-state index contributed by atoms with van der Waals surface area (Å²) in [5.41, 5.74) is 0.312. The largest absolute Gasteiger partial charge is 0.463 e. The molecule has 4 nitrogen and oxygen atoms in total. The van der Waals surface area contributed by atoms with Crippen LogP contribution in [0.5, 0.6) is 0 Å². The van der Waals surface area contributed by atoms with E-state index in [4.69, 9.17) is 9.47 Å². The molecule has 0 N–H and O–H groups in total. The molecule has 0 radical (unpaired) electrons. The SMILES string of the molecule is CCCC(Br)/C(=C/C(=O)OCC)C(=O)OCC. The molecule has 0 rings (SSSR count). The summed E-state index contributed by atoms with van der Waals surface area (Å²) in [6.07, 6.45) is 2.86. The second-order valence-electron chi connectivity index (χ2n) is 3.33. The van der Waals surface area contributed by atoms with Crippen molar-refractivity contribution in [3.05, 3.63) is 11.6 Å². The van der Waals surface area contributed by atoms with E-state index in [0.29, 0.717) is 5.57 Å². The fraction of sp³-hybridized carbons (Fsp3) is 0.667. The van der Waals surface area contributed by atoms with Crippen molar-refractivity contribution in [2.24, 2.45) is 0 Å². The van der Waals surface area contributed by atoms with Crippen LogP contribution < -0.4 is 0 Å². The van der Waals surface area contributed by atoms with E-state index in [1.165, 1.54) is 6.08 Å². The van der Waals surface area contributed by atoms with Crippen LogP contribution >= 0.6 is 15.9 Å². The van der Waals surface area contributed by atoms with Gasteiger partial charge in [-0.15, -0.1) is 0 Å². The lowest BCUT2D eigenvalue weighted by atomic mass is 10.1. The average molecular weight is 307 g/mol. The molecule has 0 aromatic carbocycles. The van der Waals surface area contributed by atoms with Gasteiger partial charge in [-0.05, 0) is 20.3 Å². The predicted octanol–water partition coefficient (Wildman–Crippen LogP) is 2.60. The van der Waals surface area contributed by atoms with Crippen LogP contribution in [0, 0.1) is 0 Å². The molecule has 0 saturated carbocycles. The van der Waals surface area contributed by atoms with Gasteiger partial charge in [0.05, 0.1) is 18.8 Å². The minimum absolute atomic E-state index is 0.184. The van der Waals surface area contributed by atoms with Crippen LogP contribution in [0.25, 0.3) is 0 Å². The molecular formula is C12H19BrO4. The molecular weight excluding hydrogens is 288 g/mol. The lowest BCUT2D eigenvalue weighted by Crippen LogP contribution is -2.18. The smallest absolute Gasteiger partial charge is 0.335 e. The third-order valence-electron chi connectivity index (χ3n) is 1.95. The molecule has 17 heavy (non-hydrogen) atoms. The maximum atomic E-state index is 11.7. The summed E-state index contributed by atoms with van der Waals surface area (Å²) in [5, 5.41) is 0. The van der Waals surface area contributed by atoms with E-state index < -0.39 is 11.9 Å². The zero-order valence-corrected chi connectivity index (χ0v) is 12.1. The Labute approximate surface area is 110 Å². The van der Waals surface area contributed by atoms with Crippen molar-refractivity contribution in [2.75, 3.05) is 13.2 Å². The highest BCUT2D eigenvalue weighted by atomic mass is 79.9. The van der Waals surface area contributed by atoms with Gasteiger partial charge in [0.1, 0.15) is 0 Å². The van der Waals surface area contributed by atoms with Crippen molar-refractivity contribution in [2.45, 2.75) is 38.4 Å². The first-order valence-electron chi connectivity index (χ1n) is 5.76.